The molecule has 1 heterocycles. The third kappa shape index (κ3) is 6.00. The van der Waals surface area contributed by atoms with Crippen molar-refractivity contribution in [3.63, 3.8) is 0 Å². The van der Waals surface area contributed by atoms with Gasteiger partial charge in [-0.1, -0.05) is 54.8 Å². The minimum absolute atomic E-state index is 0.0376. The molecular formula is C23H23ClN6O3S. The lowest BCUT2D eigenvalue weighted by atomic mass is 9.95. The molecule has 3 aromatic rings. The molecule has 11 heteroatoms. The van der Waals surface area contributed by atoms with Crippen LogP contribution in [0.4, 0.5) is 5.69 Å². The average molecular weight is 499 g/mol. The number of nitro groups is 1. The number of hydrazone groups is 1. The van der Waals surface area contributed by atoms with Gasteiger partial charge < -0.3 is 0 Å². The third-order valence-corrected chi connectivity index (χ3v) is 6.72. The Labute approximate surface area is 205 Å². The van der Waals surface area contributed by atoms with E-state index in [2.05, 4.69) is 25.3 Å². The quantitative estimate of drug-likeness (QED) is 0.196. The lowest BCUT2D eigenvalue weighted by Crippen LogP contribution is -2.20. The van der Waals surface area contributed by atoms with Crippen LogP contribution in [0.25, 0.3) is 11.4 Å². The summed E-state index contributed by atoms with van der Waals surface area (Å²) in [5.74, 6) is 0.575. The molecule has 1 fully saturated rings. The maximum absolute atomic E-state index is 12.4. The summed E-state index contributed by atoms with van der Waals surface area (Å²) in [5.41, 5.74) is 3.87. The van der Waals surface area contributed by atoms with Gasteiger partial charge in [0.2, 0.25) is 0 Å². The molecule has 9 nitrogen and oxygen atoms in total. The minimum atomic E-state index is -0.479. The van der Waals surface area contributed by atoms with Crippen molar-refractivity contribution in [1.82, 2.24) is 20.2 Å². The molecule has 1 aliphatic rings. The van der Waals surface area contributed by atoms with Gasteiger partial charge in [0.15, 0.2) is 11.0 Å². The zero-order valence-corrected chi connectivity index (χ0v) is 19.8. The first-order chi connectivity index (χ1) is 16.5. The van der Waals surface area contributed by atoms with E-state index in [0.717, 1.165) is 37.1 Å². The Bertz CT molecular complexity index is 1190. The van der Waals surface area contributed by atoms with E-state index in [9.17, 15) is 14.9 Å². The number of nitrogens with zero attached hydrogens (tertiary/aromatic N) is 5. The minimum Gasteiger partial charge on any atom is -0.299 e. The molecule has 1 saturated carbocycles. The number of nitrogens with one attached hydrogen (secondary N) is 1. The molecule has 1 aromatic heterocycles. The number of thioether (sulfide) groups is 1. The predicted molar refractivity (Wildman–Crippen MR) is 132 cm³/mol. The van der Waals surface area contributed by atoms with Crippen LogP contribution in [0.2, 0.25) is 5.02 Å². The number of amides is 1. The Hall–Kier alpha value is -3.24. The summed E-state index contributed by atoms with van der Waals surface area (Å²) >= 11 is 7.36. The number of carbonyl (C=O) groups is 1. The fourth-order valence-electron chi connectivity index (χ4n) is 3.90. The van der Waals surface area contributed by atoms with Gasteiger partial charge in [-0.25, -0.2) is 5.43 Å². The van der Waals surface area contributed by atoms with Crippen LogP contribution in [0.15, 0.2) is 58.8 Å². The highest BCUT2D eigenvalue weighted by atomic mass is 35.5. The third-order valence-electron chi connectivity index (χ3n) is 5.52. The molecule has 1 amide bonds. The van der Waals surface area contributed by atoms with Crippen LogP contribution in [0, 0.1) is 10.1 Å². The molecular weight excluding hydrogens is 476 g/mol. The largest absolute Gasteiger partial charge is 0.299 e. The zero-order valence-electron chi connectivity index (χ0n) is 18.3. The summed E-state index contributed by atoms with van der Waals surface area (Å²) < 4.78 is 2.15. The number of hydrogen-bond acceptors (Lipinski definition) is 7. The monoisotopic (exact) mass is 498 g/mol. The molecule has 0 spiro atoms. The van der Waals surface area contributed by atoms with Crippen molar-refractivity contribution >= 4 is 41.2 Å². The molecule has 0 aliphatic heterocycles. The van der Waals surface area contributed by atoms with Gasteiger partial charge in [-0.15, -0.1) is 10.2 Å². The van der Waals surface area contributed by atoms with E-state index in [-0.39, 0.29) is 23.4 Å². The molecule has 1 aliphatic carbocycles. The number of non-ortho nitro benzene ring substituents is 1. The highest BCUT2D eigenvalue weighted by molar-refractivity contribution is 7.99. The van der Waals surface area contributed by atoms with Gasteiger partial charge in [-0.3, -0.25) is 19.5 Å². The molecule has 2 aromatic carbocycles. The van der Waals surface area contributed by atoms with Crippen LogP contribution in [0.3, 0.4) is 0 Å². The number of nitro benzene ring substituents is 1. The molecule has 0 radical (unpaired) electrons. The summed E-state index contributed by atoms with van der Waals surface area (Å²) in [7, 11) is 0. The fourth-order valence-corrected chi connectivity index (χ4v) is 4.82. The van der Waals surface area contributed by atoms with Gasteiger partial charge in [0, 0.05) is 34.3 Å². The van der Waals surface area contributed by atoms with Gasteiger partial charge in [0.05, 0.1) is 16.9 Å². The topological polar surface area (TPSA) is 115 Å². The van der Waals surface area contributed by atoms with E-state index in [1.54, 1.807) is 12.1 Å². The normalized spacial score (nSPS) is 14.4. The molecule has 0 bridgehead atoms. The van der Waals surface area contributed by atoms with Crippen LogP contribution in [0.1, 0.15) is 43.7 Å². The Balaban J connectivity index is 1.43. The summed E-state index contributed by atoms with van der Waals surface area (Å²) in [4.78, 5) is 22.8. The highest BCUT2D eigenvalue weighted by Crippen LogP contribution is 2.35. The molecule has 4 rings (SSSR count). The van der Waals surface area contributed by atoms with E-state index in [0.29, 0.717) is 15.7 Å². The van der Waals surface area contributed by atoms with Gasteiger partial charge in [-0.2, -0.15) is 5.10 Å². The van der Waals surface area contributed by atoms with Gasteiger partial charge in [-0.05, 0) is 37.1 Å². The molecule has 176 valence electrons. The van der Waals surface area contributed by atoms with E-state index >= 15 is 0 Å². The number of halogens is 1. The average Bonchev–Trinajstić information content (AvgIpc) is 3.28. The summed E-state index contributed by atoms with van der Waals surface area (Å²) in [5, 5.41) is 24.9. The highest BCUT2D eigenvalue weighted by Gasteiger charge is 2.24. The number of hydrogen-bond donors (Lipinski definition) is 1. The summed E-state index contributed by atoms with van der Waals surface area (Å²) in [6.07, 6.45) is 7.00. The van der Waals surface area contributed by atoms with Gasteiger partial charge in [0.25, 0.3) is 11.6 Å². The smallest absolute Gasteiger partial charge is 0.270 e. The Kier molecular flexibility index (Phi) is 7.91. The fraction of sp³-hybridized carbons (Fsp3) is 0.304. The molecule has 0 saturated heterocycles. The van der Waals surface area contributed by atoms with E-state index in [4.69, 9.17) is 11.6 Å². The first kappa shape index (κ1) is 23.9. The summed E-state index contributed by atoms with van der Waals surface area (Å²) in [6.45, 7) is 0. The van der Waals surface area contributed by atoms with Crippen molar-refractivity contribution in [2.24, 2.45) is 5.10 Å². The van der Waals surface area contributed by atoms with Crippen LogP contribution in [-0.4, -0.2) is 37.6 Å². The van der Waals surface area contributed by atoms with Crippen molar-refractivity contribution in [3.05, 3.63) is 69.2 Å². The van der Waals surface area contributed by atoms with Crippen molar-refractivity contribution in [1.29, 1.82) is 0 Å². The standard InChI is InChI=1S/C23H23ClN6O3S/c24-18-11-9-17(10-12-18)22-27-28-23(29(22)19-6-2-1-3-7-19)34-15-21(31)26-25-14-16-5-4-8-20(13-16)30(32)33/h4-5,8-14,19H,1-3,6-7,15H2,(H,26,31)/b25-14-. The predicted octanol–water partition coefficient (Wildman–Crippen LogP) is 5.25. The van der Waals surface area contributed by atoms with Crippen LogP contribution in [0.5, 0.6) is 0 Å². The van der Waals surface area contributed by atoms with E-state index < -0.39 is 4.92 Å². The Morgan fingerprint density at radius 2 is 1.97 bits per heavy atom. The van der Waals surface area contributed by atoms with Crippen molar-refractivity contribution in [2.45, 2.75) is 43.3 Å². The second-order valence-electron chi connectivity index (χ2n) is 7.91. The molecule has 34 heavy (non-hydrogen) atoms. The second-order valence-corrected chi connectivity index (χ2v) is 9.29. The lowest BCUT2D eigenvalue weighted by Gasteiger charge is -2.25. The maximum atomic E-state index is 12.4. The van der Waals surface area contributed by atoms with Crippen molar-refractivity contribution < 1.29 is 9.72 Å². The molecule has 0 unspecified atom stereocenters. The molecule has 1 N–H and O–H groups in total. The second kappa shape index (κ2) is 11.3. The van der Waals surface area contributed by atoms with Crippen LogP contribution in [-0.2, 0) is 4.79 Å². The number of rotatable bonds is 8. The van der Waals surface area contributed by atoms with E-state index in [1.165, 1.54) is 36.5 Å². The van der Waals surface area contributed by atoms with E-state index in [1.807, 2.05) is 24.3 Å². The zero-order chi connectivity index (χ0) is 23.9. The summed E-state index contributed by atoms with van der Waals surface area (Å²) in [6, 6.07) is 13.8. The van der Waals surface area contributed by atoms with Crippen molar-refractivity contribution in [3.8, 4) is 11.4 Å². The lowest BCUT2D eigenvalue weighted by molar-refractivity contribution is -0.384. The number of aromatic nitrogens is 3. The molecule has 0 atom stereocenters. The number of carbonyl (C=O) groups excluding carboxylic acids is 1. The maximum Gasteiger partial charge on any atom is 0.270 e. The first-order valence-corrected chi connectivity index (χ1v) is 12.3. The Morgan fingerprint density at radius 3 is 2.71 bits per heavy atom. The first-order valence-electron chi connectivity index (χ1n) is 10.9. The van der Waals surface area contributed by atoms with Crippen LogP contribution < -0.4 is 5.43 Å². The van der Waals surface area contributed by atoms with Crippen LogP contribution >= 0.6 is 23.4 Å². The van der Waals surface area contributed by atoms with Crippen molar-refractivity contribution in [2.75, 3.05) is 5.75 Å². The van der Waals surface area contributed by atoms with Gasteiger partial charge >= 0.3 is 0 Å². The Morgan fingerprint density at radius 1 is 1.21 bits per heavy atom. The number of benzene rings is 2. The van der Waals surface area contributed by atoms with Gasteiger partial charge in [0.1, 0.15) is 0 Å². The SMILES string of the molecule is O=C(CSc1nnc(-c2ccc(Cl)cc2)n1C1CCCCC1)N/N=C\c1cccc([N+](=O)[O-])c1.